The molecule has 0 amide bonds. The summed E-state index contributed by atoms with van der Waals surface area (Å²) in [4.78, 5) is 4.49. The van der Waals surface area contributed by atoms with Crippen molar-refractivity contribution >= 4 is 16.7 Å². The zero-order valence-corrected chi connectivity index (χ0v) is 10.1. The number of hydrogen-bond donors (Lipinski definition) is 1. The molecule has 1 aromatic heterocycles. The molecule has 1 N–H and O–H groups in total. The second-order valence-electron chi connectivity index (χ2n) is 4.58. The van der Waals surface area contributed by atoms with Crippen LogP contribution >= 0.6 is 11.5 Å². The van der Waals surface area contributed by atoms with Gasteiger partial charge >= 0.3 is 0 Å². The van der Waals surface area contributed by atoms with Crippen molar-refractivity contribution in [1.82, 2.24) is 9.36 Å². The van der Waals surface area contributed by atoms with Crippen molar-refractivity contribution in [2.75, 3.05) is 18.5 Å². The zero-order valence-electron chi connectivity index (χ0n) is 9.32. The van der Waals surface area contributed by atoms with Crippen LogP contribution in [0.2, 0.25) is 0 Å². The smallest absolute Gasteiger partial charge is 0.202 e. The van der Waals surface area contributed by atoms with Gasteiger partial charge in [0.25, 0.3) is 0 Å². The van der Waals surface area contributed by atoms with Gasteiger partial charge in [-0.3, -0.25) is 0 Å². The van der Waals surface area contributed by atoms with E-state index in [2.05, 4.69) is 14.7 Å². The van der Waals surface area contributed by atoms with Gasteiger partial charge in [0.1, 0.15) is 5.82 Å². The summed E-state index contributed by atoms with van der Waals surface area (Å²) in [7, 11) is 0. The fourth-order valence-electron chi connectivity index (χ4n) is 2.03. The highest BCUT2D eigenvalue weighted by Crippen LogP contribution is 2.39. The molecule has 0 radical (unpaired) electrons. The molecule has 0 aromatic carbocycles. The summed E-state index contributed by atoms with van der Waals surface area (Å²) in [6.07, 6.45) is 6.51. The average molecular weight is 239 g/mol. The maximum atomic E-state index is 5.57. The molecule has 0 spiro atoms. The highest BCUT2D eigenvalue weighted by Gasteiger charge is 2.27. The quantitative estimate of drug-likeness (QED) is 0.857. The summed E-state index contributed by atoms with van der Waals surface area (Å²) in [5.41, 5.74) is 0. The van der Waals surface area contributed by atoms with Crippen LogP contribution in [0.15, 0.2) is 0 Å². The molecule has 88 valence electrons. The molecule has 2 fully saturated rings. The van der Waals surface area contributed by atoms with Gasteiger partial charge in [0, 0.05) is 30.6 Å². The van der Waals surface area contributed by atoms with E-state index in [0.29, 0.717) is 12.0 Å². The van der Waals surface area contributed by atoms with E-state index in [4.69, 9.17) is 4.74 Å². The normalized spacial score (nSPS) is 24.9. The lowest BCUT2D eigenvalue weighted by Gasteiger charge is -2.08. The fraction of sp³-hybridized carbons (Fsp3) is 0.818. The molecule has 2 aliphatic rings. The summed E-state index contributed by atoms with van der Waals surface area (Å²) in [6.45, 7) is 1.89. The maximum Gasteiger partial charge on any atom is 0.202 e. The van der Waals surface area contributed by atoms with Crippen LogP contribution in [0.3, 0.4) is 0 Å². The Morgan fingerprint density at radius 3 is 3.06 bits per heavy atom. The minimum absolute atomic E-state index is 0.461. The van der Waals surface area contributed by atoms with E-state index >= 15 is 0 Å². The molecule has 1 aliphatic carbocycles. The Kier molecular flexibility index (Phi) is 3.06. The molecule has 0 bridgehead atoms. The lowest BCUT2D eigenvalue weighted by Crippen LogP contribution is -2.12. The topological polar surface area (TPSA) is 47.0 Å². The van der Waals surface area contributed by atoms with Crippen LogP contribution in [-0.2, 0) is 4.74 Å². The van der Waals surface area contributed by atoms with Crippen molar-refractivity contribution in [2.24, 2.45) is 0 Å². The van der Waals surface area contributed by atoms with E-state index in [9.17, 15) is 0 Å². The Balaban J connectivity index is 1.42. The first-order valence-electron chi connectivity index (χ1n) is 6.11. The van der Waals surface area contributed by atoms with Gasteiger partial charge in [-0.1, -0.05) is 0 Å². The highest BCUT2D eigenvalue weighted by molar-refractivity contribution is 7.09. The first kappa shape index (κ1) is 10.5. The number of hydrogen-bond acceptors (Lipinski definition) is 5. The molecule has 1 saturated heterocycles. The van der Waals surface area contributed by atoms with E-state index in [1.54, 1.807) is 0 Å². The molecule has 1 saturated carbocycles. The van der Waals surface area contributed by atoms with Crippen LogP contribution in [0.4, 0.5) is 5.13 Å². The predicted molar refractivity (Wildman–Crippen MR) is 64.0 cm³/mol. The van der Waals surface area contributed by atoms with Crippen LogP contribution in [0.5, 0.6) is 0 Å². The summed E-state index contributed by atoms with van der Waals surface area (Å²) in [5, 5.41) is 4.31. The Hall–Kier alpha value is -0.680. The second-order valence-corrected chi connectivity index (χ2v) is 5.33. The first-order valence-corrected chi connectivity index (χ1v) is 6.88. The van der Waals surface area contributed by atoms with Crippen LogP contribution in [-0.4, -0.2) is 28.6 Å². The van der Waals surface area contributed by atoms with Crippen molar-refractivity contribution in [3.8, 4) is 0 Å². The SMILES string of the molecule is C1COC(CCNc2nc(C3CC3)ns2)C1. The molecule has 1 atom stereocenters. The number of anilines is 1. The molecular formula is C11H17N3OS. The summed E-state index contributed by atoms with van der Waals surface area (Å²) in [6, 6.07) is 0. The van der Waals surface area contributed by atoms with Gasteiger partial charge in [-0.2, -0.15) is 4.37 Å². The largest absolute Gasteiger partial charge is 0.378 e. The Morgan fingerprint density at radius 2 is 2.31 bits per heavy atom. The lowest BCUT2D eigenvalue weighted by molar-refractivity contribution is 0.107. The van der Waals surface area contributed by atoms with Crippen molar-refractivity contribution < 1.29 is 4.74 Å². The number of rotatable bonds is 5. The van der Waals surface area contributed by atoms with Crippen LogP contribution < -0.4 is 5.32 Å². The highest BCUT2D eigenvalue weighted by atomic mass is 32.1. The number of nitrogens with zero attached hydrogens (tertiary/aromatic N) is 2. The number of aromatic nitrogens is 2. The van der Waals surface area contributed by atoms with Gasteiger partial charge in [0.15, 0.2) is 0 Å². The van der Waals surface area contributed by atoms with Gasteiger partial charge in [0.05, 0.1) is 6.10 Å². The van der Waals surface area contributed by atoms with Gasteiger partial charge in [-0.15, -0.1) is 0 Å². The molecular weight excluding hydrogens is 222 g/mol. The Bertz CT molecular complexity index is 345. The number of nitrogens with one attached hydrogen (secondary N) is 1. The van der Waals surface area contributed by atoms with Crippen molar-refractivity contribution in [1.29, 1.82) is 0 Å². The van der Waals surface area contributed by atoms with Crippen LogP contribution in [0.25, 0.3) is 0 Å². The van der Waals surface area contributed by atoms with E-state index in [1.165, 1.54) is 37.2 Å². The minimum atomic E-state index is 0.461. The Morgan fingerprint density at radius 1 is 1.38 bits per heavy atom. The van der Waals surface area contributed by atoms with E-state index < -0.39 is 0 Å². The zero-order chi connectivity index (χ0) is 10.8. The van der Waals surface area contributed by atoms with Crippen molar-refractivity contribution in [3.63, 3.8) is 0 Å². The monoisotopic (exact) mass is 239 g/mol. The molecule has 1 aliphatic heterocycles. The third-order valence-corrected chi connectivity index (χ3v) is 3.84. The number of ether oxygens (including phenoxy) is 1. The van der Waals surface area contributed by atoms with Crippen molar-refractivity contribution in [3.05, 3.63) is 5.82 Å². The lowest BCUT2D eigenvalue weighted by atomic mass is 10.2. The molecule has 5 heteroatoms. The fourth-order valence-corrected chi connectivity index (χ4v) is 2.70. The molecule has 1 unspecified atom stereocenters. The molecule has 16 heavy (non-hydrogen) atoms. The van der Waals surface area contributed by atoms with E-state index in [-0.39, 0.29) is 0 Å². The average Bonchev–Trinajstić information content (AvgIpc) is 2.83. The van der Waals surface area contributed by atoms with Gasteiger partial charge in [-0.25, -0.2) is 4.98 Å². The summed E-state index contributed by atoms with van der Waals surface area (Å²) < 4.78 is 9.94. The molecule has 2 heterocycles. The van der Waals surface area contributed by atoms with Gasteiger partial charge in [-0.05, 0) is 32.1 Å². The summed E-state index contributed by atoms with van der Waals surface area (Å²) in [5.74, 6) is 1.70. The second kappa shape index (κ2) is 4.67. The molecule has 4 nitrogen and oxygen atoms in total. The molecule has 1 aromatic rings. The van der Waals surface area contributed by atoms with Crippen LogP contribution in [0, 0.1) is 0 Å². The summed E-state index contributed by atoms with van der Waals surface area (Å²) >= 11 is 1.49. The minimum Gasteiger partial charge on any atom is -0.378 e. The third kappa shape index (κ3) is 2.52. The van der Waals surface area contributed by atoms with Crippen LogP contribution in [0.1, 0.15) is 43.8 Å². The first-order chi connectivity index (χ1) is 7.92. The van der Waals surface area contributed by atoms with Gasteiger partial charge in [0.2, 0.25) is 5.13 Å². The van der Waals surface area contributed by atoms with E-state index in [1.807, 2.05) is 0 Å². The van der Waals surface area contributed by atoms with Crippen molar-refractivity contribution in [2.45, 2.75) is 44.1 Å². The van der Waals surface area contributed by atoms with E-state index in [0.717, 1.165) is 30.5 Å². The maximum absolute atomic E-state index is 5.57. The van der Waals surface area contributed by atoms with Gasteiger partial charge < -0.3 is 10.1 Å². The standard InChI is InChI=1S/C11H17N3OS/c1-2-9(15-7-1)5-6-12-11-13-10(14-16-11)8-3-4-8/h8-9H,1-7H2,(H,12,13,14). The molecule has 3 rings (SSSR count). The third-order valence-electron chi connectivity index (χ3n) is 3.15. The predicted octanol–water partition coefficient (Wildman–Crippen LogP) is 2.40. The Labute approximate surface area is 99.6 Å².